The molecular weight excluding hydrogens is 424 g/mol. The summed E-state index contributed by atoms with van der Waals surface area (Å²) in [6.45, 7) is 0. The molecule has 0 saturated carbocycles. The number of alkyl halides is 6. The highest BCUT2D eigenvalue weighted by molar-refractivity contribution is 5.70. The fraction of sp³-hybridized carbons (Fsp3) is 0.167. The predicted octanol–water partition coefficient (Wildman–Crippen LogP) is 5.93. The van der Waals surface area contributed by atoms with Gasteiger partial charge in [0.15, 0.2) is 0 Å². The Kier molecular flexibility index (Phi) is 6.31. The van der Waals surface area contributed by atoms with E-state index in [0.29, 0.717) is 6.08 Å². The van der Waals surface area contributed by atoms with Crippen LogP contribution in [0.3, 0.4) is 0 Å². The summed E-state index contributed by atoms with van der Waals surface area (Å²) in [4.78, 5) is 2.96. The summed E-state index contributed by atoms with van der Waals surface area (Å²) in [7, 11) is 0. The highest BCUT2D eigenvalue weighted by Gasteiger charge is 2.38. The highest BCUT2D eigenvalue weighted by Crippen LogP contribution is 2.38. The van der Waals surface area contributed by atoms with E-state index in [4.69, 9.17) is 5.26 Å². The molecule has 2 rings (SSSR count). The standard InChI is InChI=1S/C18H8F8N4/c19-15(20)4-1-9-5-11(8-28)13(6-10(9)7-27)29-16-12(17(21,22)23)2-3-14(30-16)18(24,25)26/h2-6H,1H2,(H,29,30). The summed E-state index contributed by atoms with van der Waals surface area (Å²) in [5, 5.41) is 20.4. The Hall–Kier alpha value is -3.67. The first-order valence-corrected chi connectivity index (χ1v) is 7.77. The van der Waals surface area contributed by atoms with Crippen LogP contribution in [0, 0.1) is 22.7 Å². The quantitative estimate of drug-likeness (QED) is 0.608. The molecule has 0 amide bonds. The third-order valence-corrected chi connectivity index (χ3v) is 3.70. The molecule has 0 fully saturated rings. The zero-order chi connectivity index (χ0) is 22.7. The van der Waals surface area contributed by atoms with Gasteiger partial charge in [-0.3, -0.25) is 0 Å². The molecule has 0 unspecified atom stereocenters. The van der Waals surface area contributed by atoms with E-state index in [9.17, 15) is 40.4 Å². The Morgan fingerprint density at radius 2 is 1.60 bits per heavy atom. The summed E-state index contributed by atoms with van der Waals surface area (Å²) in [5.41, 5.74) is -4.28. The van der Waals surface area contributed by atoms with E-state index < -0.39 is 47.6 Å². The number of anilines is 2. The average molecular weight is 432 g/mol. The fourth-order valence-electron chi connectivity index (χ4n) is 2.37. The number of rotatable bonds is 4. The zero-order valence-electron chi connectivity index (χ0n) is 14.5. The first kappa shape index (κ1) is 22.6. The van der Waals surface area contributed by atoms with Crippen molar-refractivity contribution in [2.75, 3.05) is 5.32 Å². The second-order valence-corrected chi connectivity index (χ2v) is 5.69. The summed E-state index contributed by atoms with van der Waals surface area (Å²) in [6.07, 6.45) is -12.2. The van der Waals surface area contributed by atoms with E-state index in [0.717, 1.165) is 12.1 Å². The van der Waals surface area contributed by atoms with Gasteiger partial charge in [-0.1, -0.05) is 0 Å². The maximum atomic E-state index is 13.2. The van der Waals surface area contributed by atoms with Gasteiger partial charge in [-0.25, -0.2) is 4.98 Å². The minimum absolute atomic E-state index is 0.0274. The molecule has 0 bridgehead atoms. The lowest BCUT2D eigenvalue weighted by molar-refractivity contribution is -0.143. The van der Waals surface area contributed by atoms with Crippen LogP contribution in [0.1, 0.15) is 27.9 Å². The SMILES string of the molecule is N#Cc1cc(Nc2nc(C(F)(F)F)ccc2C(F)(F)F)c(C#N)cc1CC=C(F)F. The molecule has 0 saturated heterocycles. The van der Waals surface area contributed by atoms with E-state index in [-0.39, 0.29) is 28.8 Å². The van der Waals surface area contributed by atoms with Crippen LogP contribution in [0.25, 0.3) is 0 Å². The number of nitrogens with zero attached hydrogens (tertiary/aromatic N) is 3. The molecule has 0 aliphatic rings. The van der Waals surface area contributed by atoms with Gasteiger partial charge in [0.2, 0.25) is 0 Å². The number of hydrogen-bond acceptors (Lipinski definition) is 4. The average Bonchev–Trinajstić information content (AvgIpc) is 2.64. The Labute approximate surface area is 163 Å². The molecule has 1 heterocycles. The summed E-state index contributed by atoms with van der Waals surface area (Å²) < 4.78 is 103. The smallest absolute Gasteiger partial charge is 0.339 e. The molecule has 0 aliphatic carbocycles. The number of nitrogens with one attached hydrogen (secondary N) is 1. The molecule has 1 N–H and O–H groups in total. The van der Waals surface area contributed by atoms with Gasteiger partial charge in [0.05, 0.1) is 28.4 Å². The highest BCUT2D eigenvalue weighted by atomic mass is 19.4. The largest absolute Gasteiger partial charge is 0.433 e. The molecule has 0 aliphatic heterocycles. The molecule has 156 valence electrons. The third kappa shape index (κ3) is 5.23. The van der Waals surface area contributed by atoms with Crippen molar-refractivity contribution >= 4 is 11.5 Å². The van der Waals surface area contributed by atoms with Crippen molar-refractivity contribution in [2.24, 2.45) is 0 Å². The molecular formula is C18H8F8N4. The predicted molar refractivity (Wildman–Crippen MR) is 87.4 cm³/mol. The minimum atomic E-state index is -5.08. The van der Waals surface area contributed by atoms with Crippen LogP contribution >= 0.6 is 0 Å². The normalized spacial score (nSPS) is 11.4. The molecule has 0 radical (unpaired) electrons. The van der Waals surface area contributed by atoms with Crippen molar-refractivity contribution in [3.05, 3.63) is 64.4 Å². The van der Waals surface area contributed by atoms with E-state index in [1.807, 2.05) is 5.32 Å². The first-order valence-electron chi connectivity index (χ1n) is 7.77. The number of nitriles is 2. The Bertz CT molecular complexity index is 1070. The van der Waals surface area contributed by atoms with Gasteiger partial charge >= 0.3 is 12.4 Å². The van der Waals surface area contributed by atoms with Crippen LogP contribution in [0.2, 0.25) is 0 Å². The second-order valence-electron chi connectivity index (χ2n) is 5.69. The minimum Gasteiger partial charge on any atom is -0.339 e. The van der Waals surface area contributed by atoms with Crippen LogP contribution in [0.5, 0.6) is 0 Å². The van der Waals surface area contributed by atoms with Crippen LogP contribution in [0.15, 0.2) is 36.4 Å². The molecule has 1 aromatic heterocycles. The molecule has 2 aromatic rings. The summed E-state index contributed by atoms with van der Waals surface area (Å²) >= 11 is 0. The fourth-order valence-corrected chi connectivity index (χ4v) is 2.37. The van der Waals surface area contributed by atoms with E-state index in [1.54, 1.807) is 12.1 Å². The van der Waals surface area contributed by atoms with Crippen molar-refractivity contribution < 1.29 is 35.1 Å². The number of halogens is 8. The monoisotopic (exact) mass is 432 g/mol. The maximum absolute atomic E-state index is 13.2. The molecule has 30 heavy (non-hydrogen) atoms. The van der Waals surface area contributed by atoms with Crippen LogP contribution in [-0.4, -0.2) is 4.98 Å². The number of allylic oxidation sites excluding steroid dienone is 1. The van der Waals surface area contributed by atoms with Gasteiger partial charge in [-0.05, 0) is 42.3 Å². The third-order valence-electron chi connectivity index (χ3n) is 3.70. The number of aromatic nitrogens is 1. The molecule has 0 spiro atoms. The molecule has 12 heteroatoms. The van der Waals surface area contributed by atoms with Crippen LogP contribution in [-0.2, 0) is 18.8 Å². The zero-order valence-corrected chi connectivity index (χ0v) is 14.5. The maximum Gasteiger partial charge on any atom is 0.433 e. The second kappa shape index (κ2) is 8.37. The lowest BCUT2D eigenvalue weighted by atomic mass is 10.0. The molecule has 0 atom stereocenters. The van der Waals surface area contributed by atoms with Gasteiger partial charge in [0.25, 0.3) is 6.08 Å². The van der Waals surface area contributed by atoms with Crippen molar-refractivity contribution in [1.29, 1.82) is 10.5 Å². The van der Waals surface area contributed by atoms with Crippen LogP contribution < -0.4 is 5.32 Å². The lowest BCUT2D eigenvalue weighted by Crippen LogP contribution is -2.15. The summed E-state index contributed by atoms with van der Waals surface area (Å²) in [5.74, 6) is -1.24. The van der Waals surface area contributed by atoms with Gasteiger partial charge in [-0.2, -0.15) is 45.6 Å². The van der Waals surface area contributed by atoms with Crippen molar-refractivity contribution in [1.82, 2.24) is 4.98 Å². The van der Waals surface area contributed by atoms with E-state index >= 15 is 0 Å². The summed E-state index contributed by atoms with van der Waals surface area (Å²) in [6, 6.07) is 5.40. The Morgan fingerprint density at radius 3 is 2.10 bits per heavy atom. The first-order chi connectivity index (χ1) is 13.9. The van der Waals surface area contributed by atoms with Crippen molar-refractivity contribution in [2.45, 2.75) is 18.8 Å². The topological polar surface area (TPSA) is 72.5 Å². The van der Waals surface area contributed by atoms with Gasteiger partial charge in [0, 0.05) is 0 Å². The lowest BCUT2D eigenvalue weighted by Gasteiger charge is -2.17. The van der Waals surface area contributed by atoms with Crippen molar-refractivity contribution in [3.8, 4) is 12.1 Å². The number of hydrogen-bond donors (Lipinski definition) is 1. The molecule has 1 aromatic carbocycles. The van der Waals surface area contributed by atoms with Crippen LogP contribution in [0.4, 0.5) is 46.6 Å². The number of benzene rings is 1. The van der Waals surface area contributed by atoms with Gasteiger partial charge in [-0.15, -0.1) is 0 Å². The van der Waals surface area contributed by atoms with Crippen molar-refractivity contribution in [3.63, 3.8) is 0 Å². The Balaban J connectivity index is 2.63. The Morgan fingerprint density at radius 1 is 0.967 bits per heavy atom. The van der Waals surface area contributed by atoms with E-state index in [1.165, 1.54) is 0 Å². The molecule has 4 nitrogen and oxygen atoms in total. The van der Waals surface area contributed by atoms with Gasteiger partial charge < -0.3 is 5.32 Å². The van der Waals surface area contributed by atoms with E-state index in [2.05, 4.69) is 4.98 Å². The number of pyridine rings is 1. The van der Waals surface area contributed by atoms with Gasteiger partial charge in [0.1, 0.15) is 17.6 Å².